The summed E-state index contributed by atoms with van der Waals surface area (Å²) < 4.78 is 5.91. The maximum Gasteiger partial charge on any atom is 0.210 e. The number of aryl methyl sites for hydroxylation is 1. The third-order valence-corrected chi connectivity index (χ3v) is 3.46. The fourth-order valence-electron chi connectivity index (χ4n) is 1.47. The highest BCUT2D eigenvalue weighted by Crippen LogP contribution is 2.29. The Bertz CT molecular complexity index is 467. The Balaban J connectivity index is 2.90. The number of halogens is 2. The molecule has 0 aliphatic rings. The highest BCUT2D eigenvalue weighted by atomic mass is 79.9. The molecule has 1 aromatic carbocycles. The lowest BCUT2D eigenvalue weighted by Gasteiger charge is -2.14. The Hall–Kier alpha value is -0.820. The molecule has 106 valence electrons. The number of nitrogens with two attached hydrogens (primary N) is 1. The van der Waals surface area contributed by atoms with Crippen LogP contribution in [0.1, 0.15) is 12.5 Å². The molecule has 0 saturated heterocycles. The smallest absolute Gasteiger partial charge is 0.210 e. The molecule has 0 aromatic heterocycles. The maximum absolute atomic E-state index is 6.10. The Kier molecular flexibility index (Phi) is 6.57. The number of methoxy groups -OCH3 is 1. The topological polar surface area (TPSA) is 71.7 Å². The number of aliphatic imine (C=N–C) groups is 1. The summed E-state index contributed by atoms with van der Waals surface area (Å²) in [5, 5.41) is 3.75. The molecule has 1 atom stereocenters. The van der Waals surface area contributed by atoms with Crippen LogP contribution in [0.15, 0.2) is 21.6 Å². The van der Waals surface area contributed by atoms with Crippen LogP contribution in [-0.2, 0) is 4.74 Å². The Morgan fingerprint density at radius 1 is 1.58 bits per heavy atom. The van der Waals surface area contributed by atoms with Crippen LogP contribution in [-0.4, -0.2) is 25.7 Å². The van der Waals surface area contributed by atoms with Gasteiger partial charge in [0.2, 0.25) is 5.96 Å². The first-order chi connectivity index (χ1) is 8.97. The fourth-order valence-corrected chi connectivity index (χ4v) is 2.19. The average Bonchev–Trinajstić information content (AvgIpc) is 2.35. The summed E-state index contributed by atoms with van der Waals surface area (Å²) in [6.45, 7) is 4.39. The van der Waals surface area contributed by atoms with Crippen molar-refractivity contribution in [2.24, 2.45) is 10.8 Å². The van der Waals surface area contributed by atoms with Gasteiger partial charge in [0.05, 0.1) is 18.3 Å². The van der Waals surface area contributed by atoms with Crippen molar-refractivity contribution in [1.29, 1.82) is 0 Å². The van der Waals surface area contributed by atoms with Crippen LogP contribution in [0.4, 0.5) is 5.69 Å². The van der Waals surface area contributed by atoms with E-state index in [0.717, 1.165) is 15.7 Å². The van der Waals surface area contributed by atoms with Gasteiger partial charge in [0.25, 0.3) is 0 Å². The number of ether oxygens (including phenoxy) is 1. The minimum Gasteiger partial charge on any atom is -0.382 e. The molecule has 0 fully saturated rings. The average molecular weight is 350 g/mol. The van der Waals surface area contributed by atoms with E-state index in [2.05, 4.69) is 31.7 Å². The summed E-state index contributed by atoms with van der Waals surface area (Å²) in [6, 6.07) is 3.73. The highest BCUT2D eigenvalue weighted by Gasteiger charge is 2.07. The molecule has 0 amide bonds. The molecule has 0 heterocycles. The number of hydrogen-bond acceptors (Lipinski definition) is 3. The summed E-state index contributed by atoms with van der Waals surface area (Å²) in [6.07, 6.45) is 0. The molecule has 1 unspecified atom stereocenters. The molecule has 19 heavy (non-hydrogen) atoms. The number of guanidine groups is 1. The summed E-state index contributed by atoms with van der Waals surface area (Å²) in [5.41, 5.74) is 4.30. The van der Waals surface area contributed by atoms with Crippen LogP contribution in [0.2, 0.25) is 5.02 Å². The number of hydrazine groups is 1. The van der Waals surface area contributed by atoms with Gasteiger partial charge in [-0.05, 0) is 47.5 Å². The van der Waals surface area contributed by atoms with Gasteiger partial charge in [-0.25, -0.2) is 10.8 Å². The highest BCUT2D eigenvalue weighted by molar-refractivity contribution is 9.10. The summed E-state index contributed by atoms with van der Waals surface area (Å²) in [5.74, 6) is 5.90. The molecule has 1 aromatic rings. The minimum atomic E-state index is -0.0109. The third kappa shape index (κ3) is 4.99. The molecule has 4 N–H and O–H groups in total. The van der Waals surface area contributed by atoms with Gasteiger partial charge in [0, 0.05) is 16.6 Å². The standard InChI is InChI=1S/C12H18BrClN4O/c1-7-4-9(13)11(5-10(7)14)17-12(18-15)16-8(2)6-19-3/h4-5,8H,6,15H2,1-3H3,(H2,16,17,18). The predicted molar refractivity (Wildman–Crippen MR) is 83.6 cm³/mol. The van der Waals surface area contributed by atoms with E-state index in [-0.39, 0.29) is 6.04 Å². The summed E-state index contributed by atoms with van der Waals surface area (Å²) >= 11 is 9.56. The molecule has 1 rings (SSSR count). The van der Waals surface area contributed by atoms with E-state index in [9.17, 15) is 0 Å². The van der Waals surface area contributed by atoms with Gasteiger partial charge in [0.15, 0.2) is 0 Å². The van der Waals surface area contributed by atoms with Crippen LogP contribution in [0.25, 0.3) is 0 Å². The minimum absolute atomic E-state index is 0.0109. The quantitative estimate of drug-likeness (QED) is 0.338. The number of anilines is 1. The van der Waals surface area contributed by atoms with Gasteiger partial charge >= 0.3 is 0 Å². The van der Waals surface area contributed by atoms with Gasteiger partial charge in [-0.3, -0.25) is 5.43 Å². The van der Waals surface area contributed by atoms with Crippen LogP contribution in [0.3, 0.4) is 0 Å². The van der Waals surface area contributed by atoms with E-state index < -0.39 is 0 Å². The van der Waals surface area contributed by atoms with E-state index in [4.69, 9.17) is 22.2 Å². The normalized spacial score (nSPS) is 13.3. The lowest BCUT2D eigenvalue weighted by molar-refractivity contribution is 0.185. The second kappa shape index (κ2) is 7.69. The fraction of sp³-hybridized carbons (Fsp3) is 0.417. The van der Waals surface area contributed by atoms with Gasteiger partial charge < -0.3 is 10.1 Å². The molecular weight excluding hydrogens is 332 g/mol. The number of hydrogen-bond donors (Lipinski definition) is 3. The molecule has 0 bridgehead atoms. The molecular formula is C12H18BrClN4O. The first-order valence-corrected chi connectivity index (χ1v) is 6.91. The monoisotopic (exact) mass is 348 g/mol. The van der Waals surface area contributed by atoms with Crippen molar-refractivity contribution in [3.8, 4) is 0 Å². The van der Waals surface area contributed by atoms with Gasteiger partial charge in [-0.1, -0.05) is 11.6 Å². The van der Waals surface area contributed by atoms with Crippen LogP contribution >= 0.6 is 27.5 Å². The van der Waals surface area contributed by atoms with Crippen molar-refractivity contribution in [3.63, 3.8) is 0 Å². The molecule has 0 radical (unpaired) electrons. The van der Waals surface area contributed by atoms with Crippen molar-refractivity contribution in [3.05, 3.63) is 27.2 Å². The first-order valence-electron chi connectivity index (χ1n) is 5.74. The van der Waals surface area contributed by atoms with Crippen molar-refractivity contribution in [2.45, 2.75) is 19.9 Å². The van der Waals surface area contributed by atoms with E-state index in [1.54, 1.807) is 7.11 Å². The van der Waals surface area contributed by atoms with E-state index in [1.807, 2.05) is 26.0 Å². The zero-order chi connectivity index (χ0) is 14.4. The van der Waals surface area contributed by atoms with Gasteiger partial charge in [-0.15, -0.1) is 0 Å². The van der Waals surface area contributed by atoms with Crippen molar-refractivity contribution in [2.75, 3.05) is 19.0 Å². The summed E-state index contributed by atoms with van der Waals surface area (Å²) in [4.78, 5) is 4.35. The number of rotatable bonds is 4. The van der Waals surface area contributed by atoms with Crippen LogP contribution < -0.4 is 16.6 Å². The number of nitrogens with zero attached hydrogens (tertiary/aromatic N) is 1. The van der Waals surface area contributed by atoms with Crippen molar-refractivity contribution < 1.29 is 4.74 Å². The molecule has 7 heteroatoms. The lowest BCUT2D eigenvalue weighted by Crippen LogP contribution is -2.37. The van der Waals surface area contributed by atoms with E-state index >= 15 is 0 Å². The van der Waals surface area contributed by atoms with Crippen LogP contribution in [0, 0.1) is 6.92 Å². The molecule has 0 aliphatic heterocycles. The second-order valence-electron chi connectivity index (χ2n) is 4.13. The maximum atomic E-state index is 6.10. The summed E-state index contributed by atoms with van der Waals surface area (Å²) in [7, 11) is 1.63. The number of nitrogens with one attached hydrogen (secondary N) is 2. The lowest BCUT2D eigenvalue weighted by atomic mass is 10.2. The second-order valence-corrected chi connectivity index (χ2v) is 5.39. The largest absolute Gasteiger partial charge is 0.382 e. The Morgan fingerprint density at radius 3 is 2.84 bits per heavy atom. The number of benzene rings is 1. The predicted octanol–water partition coefficient (Wildman–Crippen LogP) is 2.68. The molecule has 0 aliphatic carbocycles. The van der Waals surface area contributed by atoms with E-state index in [0.29, 0.717) is 17.6 Å². The SMILES string of the molecule is COCC(C)N=C(NN)Nc1cc(Cl)c(C)cc1Br. The van der Waals surface area contributed by atoms with Gasteiger partial charge in [0.1, 0.15) is 0 Å². The molecule has 0 saturated carbocycles. The molecule has 5 nitrogen and oxygen atoms in total. The van der Waals surface area contributed by atoms with Crippen molar-refractivity contribution >= 4 is 39.2 Å². The zero-order valence-corrected chi connectivity index (χ0v) is 13.5. The third-order valence-electron chi connectivity index (χ3n) is 2.40. The first kappa shape index (κ1) is 16.2. The molecule has 0 spiro atoms. The Labute approximate surface area is 126 Å². The van der Waals surface area contributed by atoms with Crippen LogP contribution in [0.5, 0.6) is 0 Å². The van der Waals surface area contributed by atoms with Gasteiger partial charge in [-0.2, -0.15) is 0 Å². The Morgan fingerprint density at radius 2 is 2.26 bits per heavy atom. The van der Waals surface area contributed by atoms with Crippen molar-refractivity contribution in [1.82, 2.24) is 5.43 Å². The zero-order valence-electron chi connectivity index (χ0n) is 11.1. The van der Waals surface area contributed by atoms with E-state index in [1.165, 1.54) is 0 Å².